The first-order valence-corrected chi connectivity index (χ1v) is 14.2. The summed E-state index contributed by atoms with van der Waals surface area (Å²) < 4.78 is 24.5. The van der Waals surface area contributed by atoms with Crippen LogP contribution in [0.2, 0.25) is 0 Å². The number of allylic oxidation sites excluding steroid dienone is 1. The second-order valence-electron chi connectivity index (χ2n) is 9.48. The van der Waals surface area contributed by atoms with Gasteiger partial charge in [-0.05, 0) is 69.2 Å². The Balaban J connectivity index is 1.70. The van der Waals surface area contributed by atoms with E-state index in [0.717, 1.165) is 16.9 Å². The highest BCUT2D eigenvalue weighted by atomic mass is 32.1. The van der Waals surface area contributed by atoms with E-state index in [4.69, 9.17) is 18.9 Å². The third kappa shape index (κ3) is 5.47. The molecule has 0 radical (unpaired) electrons. The standard InChI is InChI=1S/C31H30N2O7S/c1-6-37-25-15-21(12-13-24(25)40-19(5)34)28-27(30(36)38-7-2)17(3)32-31-33(28)29(35)26(41-31)16-22-14-20-10-8-9-11-23(20)39-18(22)4/h8-16,18,28H,6-7H2,1-5H3/b26-16-. The number of carbonyl (C=O) groups is 2. The highest BCUT2D eigenvalue weighted by Crippen LogP contribution is 2.36. The van der Waals surface area contributed by atoms with Crippen molar-refractivity contribution in [2.24, 2.45) is 4.99 Å². The number of hydrogen-bond donors (Lipinski definition) is 0. The molecule has 0 spiro atoms. The van der Waals surface area contributed by atoms with Crippen molar-refractivity contribution in [1.82, 2.24) is 4.57 Å². The summed E-state index contributed by atoms with van der Waals surface area (Å²) in [6, 6.07) is 11.9. The molecule has 0 bridgehead atoms. The van der Waals surface area contributed by atoms with E-state index < -0.39 is 18.0 Å². The number of para-hydroxylation sites is 1. The molecular weight excluding hydrogens is 544 g/mol. The Bertz CT molecular complexity index is 1780. The molecule has 2 aliphatic rings. The highest BCUT2D eigenvalue weighted by molar-refractivity contribution is 7.07. The molecule has 3 aromatic rings. The maximum absolute atomic E-state index is 14.0. The maximum Gasteiger partial charge on any atom is 0.338 e. The van der Waals surface area contributed by atoms with Gasteiger partial charge >= 0.3 is 11.9 Å². The smallest absolute Gasteiger partial charge is 0.338 e. The van der Waals surface area contributed by atoms with Gasteiger partial charge in [0.1, 0.15) is 11.9 Å². The Morgan fingerprint density at radius 3 is 2.63 bits per heavy atom. The zero-order chi connectivity index (χ0) is 29.3. The van der Waals surface area contributed by atoms with E-state index in [2.05, 4.69) is 4.99 Å². The molecule has 10 heteroatoms. The first-order chi connectivity index (χ1) is 19.7. The van der Waals surface area contributed by atoms with Crippen LogP contribution in [0.3, 0.4) is 0 Å². The maximum atomic E-state index is 14.0. The summed E-state index contributed by atoms with van der Waals surface area (Å²) >= 11 is 1.24. The molecule has 2 aromatic carbocycles. The summed E-state index contributed by atoms with van der Waals surface area (Å²) in [5.74, 6) is 0.288. The van der Waals surface area contributed by atoms with Crippen molar-refractivity contribution in [3.8, 4) is 17.2 Å². The van der Waals surface area contributed by atoms with E-state index in [1.54, 1.807) is 32.0 Å². The number of nitrogens with zero attached hydrogens (tertiary/aromatic N) is 2. The van der Waals surface area contributed by atoms with Crippen molar-refractivity contribution in [2.75, 3.05) is 13.2 Å². The largest absolute Gasteiger partial charge is 0.490 e. The summed E-state index contributed by atoms with van der Waals surface area (Å²) in [5.41, 5.74) is 2.75. The van der Waals surface area contributed by atoms with E-state index in [1.165, 1.54) is 22.8 Å². The van der Waals surface area contributed by atoms with Crippen LogP contribution in [0.1, 0.15) is 51.8 Å². The highest BCUT2D eigenvalue weighted by Gasteiger charge is 2.34. The van der Waals surface area contributed by atoms with Gasteiger partial charge in [0, 0.05) is 12.5 Å². The minimum Gasteiger partial charge on any atom is -0.490 e. The van der Waals surface area contributed by atoms with Gasteiger partial charge in [0.05, 0.1) is 35.1 Å². The van der Waals surface area contributed by atoms with Crippen molar-refractivity contribution >= 4 is 35.4 Å². The number of esters is 2. The molecule has 9 nitrogen and oxygen atoms in total. The van der Waals surface area contributed by atoms with Gasteiger partial charge in [-0.15, -0.1) is 0 Å². The Hall–Kier alpha value is -4.44. The third-order valence-corrected chi connectivity index (χ3v) is 7.65. The molecule has 1 aromatic heterocycles. The quantitative estimate of drug-likeness (QED) is 0.311. The number of rotatable bonds is 7. The fourth-order valence-electron chi connectivity index (χ4n) is 4.88. The van der Waals surface area contributed by atoms with Gasteiger partial charge in [0.25, 0.3) is 5.56 Å². The van der Waals surface area contributed by atoms with Gasteiger partial charge in [-0.3, -0.25) is 14.2 Å². The minimum absolute atomic E-state index is 0.163. The Labute approximate surface area is 240 Å². The van der Waals surface area contributed by atoms with E-state index in [0.29, 0.717) is 33.0 Å². The third-order valence-electron chi connectivity index (χ3n) is 6.67. The average molecular weight is 575 g/mol. The number of fused-ring (bicyclic) bond motifs is 2. The van der Waals surface area contributed by atoms with Gasteiger partial charge in [-0.25, -0.2) is 9.79 Å². The average Bonchev–Trinajstić information content (AvgIpc) is 3.23. The second-order valence-corrected chi connectivity index (χ2v) is 10.5. The van der Waals surface area contributed by atoms with Crippen LogP contribution >= 0.6 is 11.3 Å². The SMILES string of the molecule is CCOC(=O)C1=C(C)N=c2s/c(=C\C3=Cc4ccccc4OC3C)c(=O)n2C1c1ccc(OC(C)=O)c(OCC)c1. The van der Waals surface area contributed by atoms with E-state index in [9.17, 15) is 14.4 Å². The van der Waals surface area contributed by atoms with Crippen molar-refractivity contribution < 1.29 is 28.5 Å². The molecule has 0 fully saturated rings. The molecule has 0 saturated carbocycles. The van der Waals surface area contributed by atoms with Gasteiger partial charge < -0.3 is 18.9 Å². The predicted octanol–water partition coefficient (Wildman–Crippen LogP) is 3.94. The zero-order valence-corrected chi connectivity index (χ0v) is 24.2. The lowest BCUT2D eigenvalue weighted by atomic mass is 9.95. The van der Waals surface area contributed by atoms with E-state index >= 15 is 0 Å². The van der Waals surface area contributed by atoms with Gasteiger partial charge in [0.2, 0.25) is 0 Å². The number of ether oxygens (including phenoxy) is 4. The molecule has 212 valence electrons. The molecular formula is C31H30N2O7S. The second kappa shape index (κ2) is 11.6. The molecule has 3 heterocycles. The Morgan fingerprint density at radius 2 is 1.90 bits per heavy atom. The summed E-state index contributed by atoms with van der Waals surface area (Å²) in [5, 5.41) is 0. The van der Waals surface area contributed by atoms with Gasteiger partial charge in [-0.2, -0.15) is 0 Å². The Kier molecular flexibility index (Phi) is 7.94. The van der Waals surface area contributed by atoms with Crippen molar-refractivity contribution in [2.45, 2.75) is 46.8 Å². The normalized spacial score (nSPS) is 18.0. The zero-order valence-electron chi connectivity index (χ0n) is 23.4. The van der Waals surface area contributed by atoms with Crippen LogP contribution in [-0.4, -0.2) is 35.8 Å². The topological polar surface area (TPSA) is 105 Å². The number of benzene rings is 2. The lowest BCUT2D eigenvalue weighted by molar-refractivity contribution is -0.139. The number of aromatic nitrogens is 1. The molecule has 2 aliphatic heterocycles. The summed E-state index contributed by atoms with van der Waals surface area (Å²) in [6.07, 6.45) is 3.57. The van der Waals surface area contributed by atoms with Crippen LogP contribution in [0.25, 0.3) is 12.2 Å². The van der Waals surface area contributed by atoms with Crippen molar-refractivity contribution in [3.05, 3.63) is 90.1 Å². The van der Waals surface area contributed by atoms with E-state index in [-0.39, 0.29) is 29.6 Å². The number of thiazole rings is 1. The first kappa shape index (κ1) is 28.1. The molecule has 5 rings (SSSR count). The first-order valence-electron chi connectivity index (χ1n) is 13.3. The molecule has 2 atom stereocenters. The van der Waals surface area contributed by atoms with E-state index in [1.807, 2.05) is 50.3 Å². The van der Waals surface area contributed by atoms with Crippen LogP contribution in [-0.2, 0) is 14.3 Å². The fraction of sp³-hybridized carbons (Fsp3) is 0.290. The summed E-state index contributed by atoms with van der Waals surface area (Å²) in [4.78, 5) is 44.0. The lowest BCUT2D eigenvalue weighted by Crippen LogP contribution is -2.40. The van der Waals surface area contributed by atoms with Crippen LogP contribution in [0.4, 0.5) is 0 Å². The molecule has 2 unspecified atom stereocenters. The van der Waals surface area contributed by atoms with Crippen LogP contribution in [0.5, 0.6) is 17.2 Å². The fourth-order valence-corrected chi connectivity index (χ4v) is 5.93. The van der Waals surface area contributed by atoms with Crippen molar-refractivity contribution in [1.29, 1.82) is 0 Å². The van der Waals surface area contributed by atoms with Crippen LogP contribution in [0.15, 0.2) is 69.1 Å². The van der Waals surface area contributed by atoms with Crippen LogP contribution < -0.4 is 29.1 Å². The summed E-state index contributed by atoms with van der Waals surface area (Å²) in [7, 11) is 0. The molecule has 0 amide bonds. The Morgan fingerprint density at radius 1 is 1.12 bits per heavy atom. The van der Waals surface area contributed by atoms with Crippen molar-refractivity contribution in [3.63, 3.8) is 0 Å². The minimum atomic E-state index is -0.840. The van der Waals surface area contributed by atoms with Gasteiger partial charge in [-0.1, -0.05) is 35.6 Å². The molecule has 0 saturated heterocycles. The van der Waals surface area contributed by atoms with Gasteiger partial charge in [0.15, 0.2) is 16.3 Å². The molecule has 0 aliphatic carbocycles. The predicted molar refractivity (Wildman–Crippen MR) is 155 cm³/mol. The monoisotopic (exact) mass is 574 g/mol. The number of carbonyl (C=O) groups excluding carboxylic acids is 2. The summed E-state index contributed by atoms with van der Waals surface area (Å²) in [6.45, 7) is 8.97. The molecule has 0 N–H and O–H groups in total. The van der Waals surface area contributed by atoms with Crippen LogP contribution in [0, 0.1) is 0 Å². The molecule has 41 heavy (non-hydrogen) atoms. The number of hydrogen-bond acceptors (Lipinski definition) is 9. The lowest BCUT2D eigenvalue weighted by Gasteiger charge is -2.25.